The van der Waals surface area contributed by atoms with E-state index in [0.29, 0.717) is 17.0 Å². The highest BCUT2D eigenvalue weighted by Gasteiger charge is 2.24. The number of fused-ring (bicyclic) bond motifs is 1. The molecule has 0 saturated heterocycles. The molecule has 0 saturated carbocycles. The lowest BCUT2D eigenvalue weighted by atomic mass is 10.0. The van der Waals surface area contributed by atoms with Gasteiger partial charge >= 0.3 is 0 Å². The van der Waals surface area contributed by atoms with Crippen LogP contribution in [-0.4, -0.2) is 17.7 Å². The monoisotopic (exact) mass is 346 g/mol. The van der Waals surface area contributed by atoms with Gasteiger partial charge in [-0.3, -0.25) is 9.79 Å². The summed E-state index contributed by atoms with van der Waals surface area (Å²) in [5.41, 5.74) is 2.69. The summed E-state index contributed by atoms with van der Waals surface area (Å²) in [5, 5.41) is 2.86. The van der Waals surface area contributed by atoms with Gasteiger partial charge in [-0.15, -0.1) is 0 Å². The number of halogens is 2. The molecule has 1 amide bonds. The highest BCUT2D eigenvalue weighted by atomic mass is 79.9. The molecule has 1 unspecified atom stereocenters. The molecule has 0 aliphatic carbocycles. The first-order chi connectivity index (χ1) is 10.1. The van der Waals surface area contributed by atoms with Gasteiger partial charge in [-0.1, -0.05) is 24.3 Å². The lowest BCUT2D eigenvalue weighted by Gasteiger charge is -2.11. The third kappa shape index (κ3) is 2.61. The summed E-state index contributed by atoms with van der Waals surface area (Å²) in [6.07, 6.45) is 0. The molecule has 0 bridgehead atoms. The number of aliphatic imine (C=N–C) groups is 1. The number of benzodiazepines with no additional fused rings is 1. The van der Waals surface area contributed by atoms with Crippen molar-refractivity contribution in [1.29, 1.82) is 0 Å². The van der Waals surface area contributed by atoms with E-state index >= 15 is 0 Å². The minimum absolute atomic E-state index is 0.186. The summed E-state index contributed by atoms with van der Waals surface area (Å²) < 4.78 is 14.3. The fourth-order valence-electron chi connectivity index (χ4n) is 2.26. The van der Waals surface area contributed by atoms with Crippen molar-refractivity contribution in [2.75, 3.05) is 5.32 Å². The maximum atomic E-state index is 13.5. The minimum Gasteiger partial charge on any atom is -0.323 e. The van der Waals surface area contributed by atoms with Crippen molar-refractivity contribution in [2.24, 2.45) is 4.99 Å². The van der Waals surface area contributed by atoms with Crippen LogP contribution in [0.5, 0.6) is 0 Å². The zero-order valence-electron chi connectivity index (χ0n) is 11.2. The maximum absolute atomic E-state index is 13.5. The van der Waals surface area contributed by atoms with E-state index < -0.39 is 6.04 Å². The largest absolute Gasteiger partial charge is 0.323 e. The number of carbonyl (C=O) groups is 1. The van der Waals surface area contributed by atoms with Crippen molar-refractivity contribution < 1.29 is 9.18 Å². The summed E-state index contributed by atoms with van der Waals surface area (Å²) >= 11 is 3.43. The molecule has 3 nitrogen and oxygen atoms in total. The molecule has 1 atom stereocenters. The summed E-state index contributed by atoms with van der Waals surface area (Å²) in [6, 6.07) is 11.3. The van der Waals surface area contributed by atoms with Crippen LogP contribution in [0.15, 0.2) is 51.9 Å². The fraction of sp³-hybridized carbons (Fsp3) is 0.125. The highest BCUT2D eigenvalue weighted by Crippen LogP contribution is 2.31. The first kappa shape index (κ1) is 13.9. The number of amides is 1. The van der Waals surface area contributed by atoms with E-state index in [4.69, 9.17) is 0 Å². The van der Waals surface area contributed by atoms with Gasteiger partial charge in [-0.2, -0.15) is 0 Å². The van der Waals surface area contributed by atoms with E-state index in [1.54, 1.807) is 19.1 Å². The van der Waals surface area contributed by atoms with Gasteiger partial charge in [-0.25, -0.2) is 4.39 Å². The Balaban J connectivity index is 2.25. The first-order valence-corrected chi connectivity index (χ1v) is 7.29. The average Bonchev–Trinajstić information content (AvgIpc) is 2.58. The van der Waals surface area contributed by atoms with Crippen LogP contribution in [0.25, 0.3) is 0 Å². The van der Waals surface area contributed by atoms with Crippen molar-refractivity contribution in [3.05, 3.63) is 63.9 Å². The molecular weight excluding hydrogens is 335 g/mol. The van der Waals surface area contributed by atoms with Crippen LogP contribution in [0.1, 0.15) is 18.1 Å². The normalized spacial score (nSPS) is 17.6. The number of nitrogens with one attached hydrogen (secondary N) is 1. The van der Waals surface area contributed by atoms with Gasteiger partial charge in [0.2, 0.25) is 5.91 Å². The third-order valence-electron chi connectivity index (χ3n) is 3.32. The number of hydrogen-bond donors (Lipinski definition) is 1. The van der Waals surface area contributed by atoms with Crippen LogP contribution < -0.4 is 5.32 Å². The summed E-state index contributed by atoms with van der Waals surface area (Å²) in [5.74, 6) is -0.516. The van der Waals surface area contributed by atoms with Crippen LogP contribution in [0.3, 0.4) is 0 Å². The molecule has 0 fully saturated rings. The lowest BCUT2D eigenvalue weighted by molar-refractivity contribution is -0.116. The van der Waals surface area contributed by atoms with Crippen molar-refractivity contribution >= 4 is 33.2 Å². The van der Waals surface area contributed by atoms with Crippen molar-refractivity contribution in [3.63, 3.8) is 0 Å². The Hall–Kier alpha value is -2.01. The lowest BCUT2D eigenvalue weighted by Crippen LogP contribution is -2.22. The molecule has 0 aromatic heterocycles. The molecule has 1 N–H and O–H groups in total. The first-order valence-electron chi connectivity index (χ1n) is 6.50. The van der Waals surface area contributed by atoms with Gasteiger partial charge < -0.3 is 5.32 Å². The molecule has 2 aromatic rings. The molecule has 1 aliphatic rings. The number of carbonyl (C=O) groups excluding carboxylic acids is 1. The van der Waals surface area contributed by atoms with Crippen LogP contribution >= 0.6 is 15.9 Å². The Morgan fingerprint density at radius 3 is 2.76 bits per heavy atom. The van der Waals surface area contributed by atoms with Gasteiger partial charge in [-0.05, 0) is 41.1 Å². The Bertz CT molecular complexity index is 758. The number of rotatable bonds is 1. The van der Waals surface area contributed by atoms with E-state index in [1.165, 1.54) is 12.1 Å². The average molecular weight is 347 g/mol. The summed E-state index contributed by atoms with van der Waals surface area (Å²) in [4.78, 5) is 16.5. The summed E-state index contributed by atoms with van der Waals surface area (Å²) in [6.45, 7) is 1.72. The zero-order valence-corrected chi connectivity index (χ0v) is 12.8. The van der Waals surface area contributed by atoms with E-state index in [2.05, 4.69) is 26.2 Å². The van der Waals surface area contributed by atoms with Crippen molar-refractivity contribution in [2.45, 2.75) is 13.0 Å². The second-order valence-electron chi connectivity index (χ2n) is 4.82. The molecule has 0 spiro atoms. The van der Waals surface area contributed by atoms with E-state index in [-0.39, 0.29) is 11.7 Å². The molecule has 2 aromatic carbocycles. The van der Waals surface area contributed by atoms with Crippen molar-refractivity contribution in [1.82, 2.24) is 0 Å². The van der Waals surface area contributed by atoms with E-state index in [9.17, 15) is 9.18 Å². The Morgan fingerprint density at radius 1 is 1.24 bits per heavy atom. The second kappa shape index (κ2) is 5.41. The van der Waals surface area contributed by atoms with Crippen molar-refractivity contribution in [3.8, 4) is 0 Å². The third-order valence-corrected chi connectivity index (χ3v) is 3.98. The number of hydrogen-bond acceptors (Lipinski definition) is 2. The SMILES string of the molecule is CC1N=C(c2cccc(F)c2)c2cccc(Br)c2NC1=O. The fourth-order valence-corrected chi connectivity index (χ4v) is 2.73. The van der Waals surface area contributed by atoms with Gasteiger partial charge in [0.05, 0.1) is 11.4 Å². The van der Waals surface area contributed by atoms with Gasteiger partial charge in [0.25, 0.3) is 0 Å². The van der Waals surface area contributed by atoms with Gasteiger partial charge in [0, 0.05) is 15.6 Å². The molecule has 1 heterocycles. The maximum Gasteiger partial charge on any atom is 0.248 e. The highest BCUT2D eigenvalue weighted by molar-refractivity contribution is 9.10. The van der Waals surface area contributed by atoms with E-state index in [1.807, 2.05) is 18.2 Å². The van der Waals surface area contributed by atoms with Crippen LogP contribution in [0.2, 0.25) is 0 Å². The van der Waals surface area contributed by atoms with E-state index in [0.717, 1.165) is 10.0 Å². The molecule has 21 heavy (non-hydrogen) atoms. The topological polar surface area (TPSA) is 41.5 Å². The Morgan fingerprint density at radius 2 is 2.00 bits per heavy atom. The molecule has 5 heteroatoms. The predicted molar refractivity (Wildman–Crippen MR) is 84.3 cm³/mol. The van der Waals surface area contributed by atoms with Crippen LogP contribution in [0.4, 0.5) is 10.1 Å². The number of benzene rings is 2. The van der Waals surface area contributed by atoms with Crippen LogP contribution in [-0.2, 0) is 4.79 Å². The molecular formula is C16H12BrFN2O. The number of nitrogens with zero attached hydrogens (tertiary/aromatic N) is 1. The smallest absolute Gasteiger partial charge is 0.248 e. The molecule has 3 rings (SSSR count). The van der Waals surface area contributed by atoms with Crippen LogP contribution in [0, 0.1) is 5.82 Å². The Labute approximate surface area is 130 Å². The predicted octanol–water partition coefficient (Wildman–Crippen LogP) is 3.77. The number of para-hydroxylation sites is 1. The Kier molecular flexibility index (Phi) is 3.59. The second-order valence-corrected chi connectivity index (χ2v) is 5.67. The minimum atomic E-state index is -0.539. The molecule has 0 radical (unpaired) electrons. The van der Waals surface area contributed by atoms with Gasteiger partial charge in [0.15, 0.2) is 0 Å². The molecule has 106 valence electrons. The number of anilines is 1. The van der Waals surface area contributed by atoms with Gasteiger partial charge in [0.1, 0.15) is 11.9 Å². The summed E-state index contributed by atoms with van der Waals surface area (Å²) in [7, 11) is 0. The quantitative estimate of drug-likeness (QED) is 0.838. The molecule has 1 aliphatic heterocycles. The zero-order chi connectivity index (χ0) is 15.0. The standard InChI is InChI=1S/C16H12BrFN2O/c1-9-16(21)20-15-12(6-3-7-13(15)17)14(19-9)10-4-2-5-11(18)8-10/h2-9H,1H3,(H,20,21).